The van der Waals surface area contributed by atoms with Crippen LogP contribution in [0.4, 0.5) is 15.9 Å². The Morgan fingerprint density at radius 2 is 2.00 bits per heavy atom. The van der Waals surface area contributed by atoms with Gasteiger partial charge in [0.2, 0.25) is 0 Å². The summed E-state index contributed by atoms with van der Waals surface area (Å²) < 4.78 is 14.8. The standard InChI is InChI=1S/C18H23FN4O3/c1-4-6-9-23-15(20)14(16(24)21-18(23)26)22(5-2)17(25)13-10-12(19)8-7-11(13)3/h7-8,10H,4-6,9,20H2,1-3H3,(H,21,24,26). The summed E-state index contributed by atoms with van der Waals surface area (Å²) in [5.41, 5.74) is 5.31. The molecular weight excluding hydrogens is 339 g/mol. The van der Waals surface area contributed by atoms with Crippen molar-refractivity contribution in [1.82, 2.24) is 9.55 Å². The number of aryl methyl sites for hydroxylation is 1. The monoisotopic (exact) mass is 362 g/mol. The van der Waals surface area contributed by atoms with Crippen molar-refractivity contribution in [3.8, 4) is 0 Å². The lowest BCUT2D eigenvalue weighted by Gasteiger charge is -2.24. The average Bonchev–Trinajstić information content (AvgIpc) is 2.59. The number of unbranched alkanes of at least 4 members (excludes halogenated alkanes) is 1. The number of nitrogens with one attached hydrogen (secondary N) is 1. The second-order valence-corrected chi connectivity index (χ2v) is 6.01. The highest BCUT2D eigenvalue weighted by Crippen LogP contribution is 2.21. The number of halogens is 1. The molecule has 1 amide bonds. The number of aromatic nitrogens is 2. The number of aromatic amines is 1. The molecule has 2 aromatic rings. The molecule has 0 atom stereocenters. The molecule has 140 valence electrons. The predicted molar refractivity (Wildman–Crippen MR) is 99.1 cm³/mol. The highest BCUT2D eigenvalue weighted by atomic mass is 19.1. The molecule has 0 fully saturated rings. The van der Waals surface area contributed by atoms with Crippen molar-refractivity contribution < 1.29 is 9.18 Å². The van der Waals surface area contributed by atoms with Crippen LogP contribution >= 0.6 is 0 Å². The zero-order valence-corrected chi connectivity index (χ0v) is 15.1. The number of benzene rings is 1. The first kappa shape index (κ1) is 19.4. The van der Waals surface area contributed by atoms with Crippen molar-refractivity contribution in [1.29, 1.82) is 0 Å². The second-order valence-electron chi connectivity index (χ2n) is 6.01. The highest BCUT2D eigenvalue weighted by molar-refractivity contribution is 6.08. The van der Waals surface area contributed by atoms with Crippen LogP contribution in [0.2, 0.25) is 0 Å². The SMILES string of the molecule is CCCCn1c(N)c(N(CC)C(=O)c2cc(F)ccc2C)c(=O)[nH]c1=O. The van der Waals surface area contributed by atoms with E-state index in [1.54, 1.807) is 13.8 Å². The number of nitrogens with two attached hydrogens (primary N) is 1. The first-order valence-corrected chi connectivity index (χ1v) is 8.52. The smallest absolute Gasteiger partial charge is 0.330 e. The van der Waals surface area contributed by atoms with Gasteiger partial charge in [-0.3, -0.25) is 19.1 Å². The summed E-state index contributed by atoms with van der Waals surface area (Å²) in [6.07, 6.45) is 1.53. The molecule has 8 heteroatoms. The van der Waals surface area contributed by atoms with E-state index < -0.39 is 23.0 Å². The summed E-state index contributed by atoms with van der Waals surface area (Å²) in [5.74, 6) is -1.18. The number of hydrogen-bond acceptors (Lipinski definition) is 4. The highest BCUT2D eigenvalue weighted by Gasteiger charge is 2.25. The van der Waals surface area contributed by atoms with E-state index in [-0.39, 0.29) is 23.6 Å². The third-order valence-electron chi connectivity index (χ3n) is 4.21. The summed E-state index contributed by atoms with van der Waals surface area (Å²) in [6, 6.07) is 3.87. The number of rotatable bonds is 6. The summed E-state index contributed by atoms with van der Waals surface area (Å²) in [4.78, 5) is 40.7. The van der Waals surface area contributed by atoms with Gasteiger partial charge in [-0.2, -0.15) is 0 Å². The molecule has 1 aromatic carbocycles. The Morgan fingerprint density at radius 1 is 1.31 bits per heavy atom. The van der Waals surface area contributed by atoms with Crippen molar-refractivity contribution in [3.05, 3.63) is 56.0 Å². The molecule has 0 aliphatic rings. The number of nitrogens with zero attached hydrogens (tertiary/aromatic N) is 2. The molecule has 0 aliphatic carbocycles. The number of nitrogen functional groups attached to an aromatic ring is 1. The molecule has 0 spiro atoms. The lowest BCUT2D eigenvalue weighted by Crippen LogP contribution is -2.41. The molecule has 1 aromatic heterocycles. The van der Waals surface area contributed by atoms with Gasteiger partial charge >= 0.3 is 5.69 Å². The number of H-pyrrole nitrogens is 1. The minimum absolute atomic E-state index is 0.0727. The quantitative estimate of drug-likeness (QED) is 0.821. The first-order valence-electron chi connectivity index (χ1n) is 8.52. The zero-order chi connectivity index (χ0) is 19.4. The van der Waals surface area contributed by atoms with E-state index in [9.17, 15) is 18.8 Å². The van der Waals surface area contributed by atoms with Crippen LogP contribution in [0.5, 0.6) is 0 Å². The third kappa shape index (κ3) is 3.68. The zero-order valence-electron chi connectivity index (χ0n) is 15.1. The van der Waals surface area contributed by atoms with Gasteiger partial charge in [0.05, 0.1) is 0 Å². The van der Waals surface area contributed by atoms with Gasteiger partial charge in [0.15, 0.2) is 5.69 Å². The maximum atomic E-state index is 13.6. The van der Waals surface area contributed by atoms with Crippen molar-refractivity contribution in [2.45, 2.75) is 40.2 Å². The van der Waals surface area contributed by atoms with Gasteiger partial charge in [0.1, 0.15) is 11.6 Å². The summed E-state index contributed by atoms with van der Waals surface area (Å²) in [7, 11) is 0. The Hall–Kier alpha value is -2.90. The molecule has 0 saturated heterocycles. The Balaban J connectivity index is 2.60. The molecule has 26 heavy (non-hydrogen) atoms. The normalized spacial score (nSPS) is 10.8. The fourth-order valence-electron chi connectivity index (χ4n) is 2.75. The number of carbonyl (C=O) groups excluding carboxylic acids is 1. The van der Waals surface area contributed by atoms with Gasteiger partial charge in [0, 0.05) is 18.7 Å². The lowest BCUT2D eigenvalue weighted by molar-refractivity contribution is 0.0987. The third-order valence-corrected chi connectivity index (χ3v) is 4.21. The minimum Gasteiger partial charge on any atom is -0.383 e. The molecule has 1 heterocycles. The molecule has 0 saturated carbocycles. The fourth-order valence-corrected chi connectivity index (χ4v) is 2.75. The lowest BCUT2D eigenvalue weighted by atomic mass is 10.1. The van der Waals surface area contributed by atoms with E-state index in [0.29, 0.717) is 18.5 Å². The van der Waals surface area contributed by atoms with E-state index in [2.05, 4.69) is 4.98 Å². The van der Waals surface area contributed by atoms with E-state index in [0.717, 1.165) is 17.4 Å². The largest absolute Gasteiger partial charge is 0.383 e. The second kappa shape index (κ2) is 7.99. The topological polar surface area (TPSA) is 101 Å². The van der Waals surface area contributed by atoms with Crippen LogP contribution < -0.4 is 21.9 Å². The van der Waals surface area contributed by atoms with Crippen LogP contribution in [-0.4, -0.2) is 22.0 Å². The van der Waals surface area contributed by atoms with Crippen molar-refractivity contribution in [3.63, 3.8) is 0 Å². The van der Waals surface area contributed by atoms with Crippen LogP contribution in [0.1, 0.15) is 42.6 Å². The number of anilines is 2. The predicted octanol–water partition coefficient (Wildman–Crippen LogP) is 2.03. The number of amides is 1. The molecule has 7 nitrogen and oxygen atoms in total. The molecule has 2 rings (SSSR count). The summed E-state index contributed by atoms with van der Waals surface area (Å²) in [5, 5.41) is 0. The minimum atomic E-state index is -0.746. The molecule has 0 bridgehead atoms. The fraction of sp³-hybridized carbons (Fsp3) is 0.389. The van der Waals surface area contributed by atoms with Crippen LogP contribution in [0.3, 0.4) is 0 Å². The van der Waals surface area contributed by atoms with Gasteiger partial charge in [-0.05, 0) is 38.0 Å². The molecular formula is C18H23FN4O3. The molecule has 0 radical (unpaired) electrons. The Labute approximate surface area is 150 Å². The van der Waals surface area contributed by atoms with Crippen molar-refractivity contribution in [2.75, 3.05) is 17.2 Å². The summed E-state index contributed by atoms with van der Waals surface area (Å²) in [6.45, 7) is 5.77. The number of hydrogen-bond donors (Lipinski definition) is 2. The van der Waals surface area contributed by atoms with Gasteiger partial charge in [-0.25, -0.2) is 9.18 Å². The van der Waals surface area contributed by atoms with Crippen LogP contribution in [0.25, 0.3) is 0 Å². The molecule has 3 N–H and O–H groups in total. The van der Waals surface area contributed by atoms with Gasteiger partial charge in [-0.15, -0.1) is 0 Å². The maximum Gasteiger partial charge on any atom is 0.330 e. The van der Waals surface area contributed by atoms with Gasteiger partial charge in [-0.1, -0.05) is 19.4 Å². The average molecular weight is 362 g/mol. The summed E-state index contributed by atoms with van der Waals surface area (Å²) >= 11 is 0. The maximum absolute atomic E-state index is 13.6. The molecule has 0 aliphatic heterocycles. The Morgan fingerprint density at radius 3 is 2.62 bits per heavy atom. The van der Waals surface area contributed by atoms with Gasteiger partial charge < -0.3 is 10.6 Å². The van der Waals surface area contributed by atoms with Crippen LogP contribution in [0.15, 0.2) is 27.8 Å². The van der Waals surface area contributed by atoms with E-state index >= 15 is 0 Å². The first-order chi connectivity index (χ1) is 12.3. The van der Waals surface area contributed by atoms with Gasteiger partial charge in [0.25, 0.3) is 11.5 Å². The van der Waals surface area contributed by atoms with Crippen LogP contribution in [0, 0.1) is 12.7 Å². The van der Waals surface area contributed by atoms with Crippen LogP contribution in [-0.2, 0) is 6.54 Å². The van der Waals surface area contributed by atoms with E-state index in [4.69, 9.17) is 5.73 Å². The van der Waals surface area contributed by atoms with E-state index in [1.807, 2.05) is 6.92 Å². The van der Waals surface area contributed by atoms with E-state index in [1.165, 1.54) is 16.7 Å². The van der Waals surface area contributed by atoms with Crippen molar-refractivity contribution >= 4 is 17.4 Å². The Kier molecular flexibility index (Phi) is 5.97. The number of carbonyl (C=O) groups is 1. The Bertz CT molecular complexity index is 933. The molecule has 0 unspecified atom stereocenters. The van der Waals surface area contributed by atoms with Crippen molar-refractivity contribution in [2.24, 2.45) is 0 Å².